The van der Waals surface area contributed by atoms with Crippen molar-refractivity contribution in [2.24, 2.45) is 0 Å². The van der Waals surface area contributed by atoms with Crippen LogP contribution in [0.5, 0.6) is 0 Å². The zero-order valence-electron chi connectivity index (χ0n) is 12.7. The number of hydrogen-bond acceptors (Lipinski definition) is 7. The van der Waals surface area contributed by atoms with Gasteiger partial charge >= 0.3 is 0 Å². The fourth-order valence-electron chi connectivity index (χ4n) is 2.47. The summed E-state index contributed by atoms with van der Waals surface area (Å²) < 4.78 is 3.16. The molecule has 9 heteroatoms. The monoisotopic (exact) mass is 339 g/mol. The third kappa shape index (κ3) is 2.65. The van der Waals surface area contributed by atoms with Crippen molar-refractivity contribution >= 4 is 22.0 Å². The second kappa shape index (κ2) is 5.85. The molecule has 4 rings (SSSR count). The quantitative estimate of drug-likeness (QED) is 0.608. The number of thiazole rings is 1. The van der Waals surface area contributed by atoms with E-state index in [9.17, 15) is 4.79 Å². The molecule has 0 aliphatic carbocycles. The predicted octanol–water partition coefficient (Wildman–Crippen LogP) is 1.65. The smallest absolute Gasteiger partial charge is 0.258 e. The summed E-state index contributed by atoms with van der Waals surface area (Å²) in [7, 11) is 0. The van der Waals surface area contributed by atoms with Gasteiger partial charge in [-0.1, -0.05) is 0 Å². The van der Waals surface area contributed by atoms with Crippen LogP contribution in [0.3, 0.4) is 0 Å². The van der Waals surface area contributed by atoms with Crippen LogP contribution in [0.15, 0.2) is 47.0 Å². The van der Waals surface area contributed by atoms with Crippen molar-refractivity contribution in [1.82, 2.24) is 29.6 Å². The van der Waals surface area contributed by atoms with Crippen molar-refractivity contribution in [2.75, 3.05) is 5.32 Å². The summed E-state index contributed by atoms with van der Waals surface area (Å²) in [5, 5.41) is 16.3. The summed E-state index contributed by atoms with van der Waals surface area (Å²) >= 11 is 1.44. The molecule has 3 aromatic heterocycles. The second-order valence-electron chi connectivity index (χ2n) is 5.25. The summed E-state index contributed by atoms with van der Waals surface area (Å²) in [6.07, 6.45) is 3.29. The number of hydrogen-bond donors (Lipinski definition) is 1. The lowest BCUT2D eigenvalue weighted by molar-refractivity contribution is 0.785. The third-order valence-corrected chi connectivity index (χ3v) is 4.38. The fraction of sp³-hybridized carbons (Fsp3) is 0.133. The maximum Gasteiger partial charge on any atom is 0.258 e. The number of aryl methyl sites for hydroxylation is 1. The number of benzene rings is 1. The van der Waals surface area contributed by atoms with E-state index in [-0.39, 0.29) is 5.56 Å². The highest BCUT2D eigenvalue weighted by Gasteiger charge is 2.06. The molecule has 0 saturated carbocycles. The van der Waals surface area contributed by atoms with E-state index in [1.807, 2.05) is 30.5 Å². The van der Waals surface area contributed by atoms with Crippen LogP contribution in [0, 0.1) is 6.92 Å². The SMILES string of the molecule is Cc1cc(NCc2cc(=O)n3ccsc3n2)ccc1-n1cnnn1. The zero-order valence-corrected chi connectivity index (χ0v) is 13.6. The van der Waals surface area contributed by atoms with Crippen molar-refractivity contribution < 1.29 is 0 Å². The maximum atomic E-state index is 12.0. The largest absolute Gasteiger partial charge is 0.379 e. The van der Waals surface area contributed by atoms with E-state index < -0.39 is 0 Å². The first kappa shape index (κ1) is 14.5. The van der Waals surface area contributed by atoms with Crippen LogP contribution in [-0.4, -0.2) is 29.6 Å². The normalized spacial score (nSPS) is 11.0. The molecule has 0 saturated heterocycles. The number of tetrazole rings is 1. The number of fused-ring (bicyclic) bond motifs is 1. The van der Waals surface area contributed by atoms with Gasteiger partial charge in [-0.15, -0.1) is 16.4 Å². The van der Waals surface area contributed by atoms with E-state index >= 15 is 0 Å². The van der Waals surface area contributed by atoms with Gasteiger partial charge in [0.1, 0.15) is 6.33 Å². The molecule has 8 nitrogen and oxygen atoms in total. The average Bonchev–Trinajstić information content (AvgIpc) is 3.24. The lowest BCUT2D eigenvalue weighted by Gasteiger charge is -2.10. The Labute approximate surface area is 140 Å². The Kier molecular flexibility index (Phi) is 3.54. The first-order valence-corrected chi connectivity index (χ1v) is 8.12. The van der Waals surface area contributed by atoms with Crippen molar-refractivity contribution in [3.63, 3.8) is 0 Å². The van der Waals surface area contributed by atoms with Gasteiger partial charge in [0, 0.05) is 23.3 Å². The molecule has 1 aromatic carbocycles. The first-order chi connectivity index (χ1) is 11.7. The number of aromatic nitrogens is 6. The van der Waals surface area contributed by atoms with Crippen LogP contribution < -0.4 is 10.9 Å². The standard InChI is InChI=1S/C15H13N7OS/c1-10-6-11(2-3-13(10)22-9-17-19-20-22)16-8-12-7-14(23)21-4-5-24-15(21)18-12/h2-7,9,16H,8H2,1H3. The molecule has 0 aliphatic rings. The van der Waals surface area contributed by atoms with E-state index in [2.05, 4.69) is 25.8 Å². The molecule has 0 unspecified atom stereocenters. The highest BCUT2D eigenvalue weighted by molar-refractivity contribution is 7.15. The molecule has 0 spiro atoms. The van der Waals surface area contributed by atoms with Gasteiger partial charge in [0.15, 0.2) is 4.96 Å². The van der Waals surface area contributed by atoms with Crippen LogP contribution in [0.2, 0.25) is 0 Å². The third-order valence-electron chi connectivity index (χ3n) is 3.62. The molecule has 4 aromatic rings. The van der Waals surface area contributed by atoms with Crippen LogP contribution in [0.1, 0.15) is 11.3 Å². The number of rotatable bonds is 4. The fourth-order valence-corrected chi connectivity index (χ4v) is 3.20. The van der Waals surface area contributed by atoms with E-state index in [0.29, 0.717) is 17.2 Å². The first-order valence-electron chi connectivity index (χ1n) is 7.24. The molecule has 0 fully saturated rings. The number of nitrogens with zero attached hydrogens (tertiary/aromatic N) is 6. The summed E-state index contributed by atoms with van der Waals surface area (Å²) in [6, 6.07) is 7.45. The van der Waals surface area contributed by atoms with Crippen molar-refractivity contribution in [2.45, 2.75) is 13.5 Å². The Hall–Kier alpha value is -3.07. The minimum atomic E-state index is -0.0664. The van der Waals surface area contributed by atoms with Crippen LogP contribution in [0.25, 0.3) is 10.6 Å². The van der Waals surface area contributed by atoms with E-state index in [4.69, 9.17) is 0 Å². The minimum absolute atomic E-state index is 0.0664. The lowest BCUT2D eigenvalue weighted by atomic mass is 10.2. The van der Waals surface area contributed by atoms with Gasteiger partial charge in [0.25, 0.3) is 5.56 Å². The molecule has 0 aliphatic heterocycles. The van der Waals surface area contributed by atoms with Crippen molar-refractivity contribution in [3.8, 4) is 5.69 Å². The summed E-state index contributed by atoms with van der Waals surface area (Å²) in [6.45, 7) is 2.47. The number of nitrogens with one attached hydrogen (secondary N) is 1. The minimum Gasteiger partial charge on any atom is -0.379 e. The molecular weight excluding hydrogens is 326 g/mol. The highest BCUT2D eigenvalue weighted by atomic mass is 32.1. The Morgan fingerprint density at radius 1 is 1.29 bits per heavy atom. The molecule has 3 heterocycles. The van der Waals surface area contributed by atoms with Gasteiger partial charge in [-0.05, 0) is 41.1 Å². The topological polar surface area (TPSA) is 90.0 Å². The molecular formula is C15H13N7OS. The molecule has 0 bridgehead atoms. The molecule has 1 N–H and O–H groups in total. The van der Waals surface area contributed by atoms with Crippen LogP contribution in [-0.2, 0) is 6.54 Å². The molecule has 0 atom stereocenters. The van der Waals surface area contributed by atoms with Gasteiger partial charge in [-0.2, -0.15) is 0 Å². The van der Waals surface area contributed by atoms with Crippen LogP contribution in [0.4, 0.5) is 5.69 Å². The summed E-state index contributed by atoms with van der Waals surface area (Å²) in [4.78, 5) is 17.2. The van der Waals surface area contributed by atoms with E-state index in [0.717, 1.165) is 16.9 Å². The molecule has 120 valence electrons. The summed E-state index contributed by atoms with van der Waals surface area (Å²) in [5.74, 6) is 0. The zero-order chi connectivity index (χ0) is 16.5. The molecule has 0 radical (unpaired) electrons. The van der Waals surface area contributed by atoms with Gasteiger partial charge < -0.3 is 5.32 Å². The van der Waals surface area contributed by atoms with Gasteiger partial charge in [-0.3, -0.25) is 9.20 Å². The van der Waals surface area contributed by atoms with Gasteiger partial charge in [0.2, 0.25) is 0 Å². The highest BCUT2D eigenvalue weighted by Crippen LogP contribution is 2.18. The van der Waals surface area contributed by atoms with Crippen LogP contribution >= 0.6 is 11.3 Å². The van der Waals surface area contributed by atoms with E-state index in [1.165, 1.54) is 11.3 Å². The maximum absolute atomic E-state index is 12.0. The predicted molar refractivity (Wildman–Crippen MR) is 90.6 cm³/mol. The van der Waals surface area contributed by atoms with Gasteiger partial charge in [0.05, 0.1) is 17.9 Å². The Morgan fingerprint density at radius 2 is 2.21 bits per heavy atom. The Bertz CT molecular complexity index is 1050. The Morgan fingerprint density at radius 3 is 3.00 bits per heavy atom. The Balaban J connectivity index is 1.55. The molecule has 0 amide bonds. The second-order valence-corrected chi connectivity index (χ2v) is 6.12. The summed E-state index contributed by atoms with van der Waals surface area (Å²) in [5.41, 5.74) is 3.54. The van der Waals surface area contributed by atoms with E-state index in [1.54, 1.807) is 27.7 Å². The molecule has 24 heavy (non-hydrogen) atoms. The number of anilines is 1. The van der Waals surface area contributed by atoms with Crippen molar-refractivity contribution in [3.05, 3.63) is 63.8 Å². The average molecular weight is 339 g/mol. The van der Waals surface area contributed by atoms with Crippen molar-refractivity contribution in [1.29, 1.82) is 0 Å². The van der Waals surface area contributed by atoms with Gasteiger partial charge in [-0.25, -0.2) is 9.67 Å². The lowest BCUT2D eigenvalue weighted by Crippen LogP contribution is -2.14.